The number of morpholine rings is 1. The topological polar surface area (TPSA) is 46.6 Å². The number of hydrogen-bond acceptors (Lipinski definition) is 3. The smallest absolute Gasteiger partial charge is 0.329 e. The Hall–Kier alpha value is -1.06. The minimum absolute atomic E-state index is 0.0444. The summed E-state index contributed by atoms with van der Waals surface area (Å²) in [5, 5.41) is 0. The third kappa shape index (κ3) is 0.906. The molecular formula is C8H11NO3. The monoisotopic (exact) mass is 169 g/mol. The third-order valence-electron chi connectivity index (χ3n) is 2.45. The number of carbonyl (C=O) groups is 2. The molecule has 2 aliphatic rings. The number of rotatable bonds is 0. The van der Waals surface area contributed by atoms with Crippen molar-refractivity contribution in [3.8, 4) is 0 Å². The summed E-state index contributed by atoms with van der Waals surface area (Å²) in [6.45, 7) is 2.33. The number of esters is 1. The Kier molecular flexibility index (Phi) is 1.56. The number of nitrogens with zero attached hydrogens (tertiary/aromatic N) is 1. The Morgan fingerprint density at radius 2 is 2.25 bits per heavy atom. The molecule has 2 fully saturated rings. The standard InChI is InChI=1S/C8H11NO3/c1-5-7(10)9-4-2-3-6(9)8(11)12-5/h5-6H,2-4H2,1H3/t5-,6?/m0/s1. The van der Waals surface area contributed by atoms with Gasteiger partial charge in [-0.05, 0) is 19.8 Å². The lowest BCUT2D eigenvalue weighted by Crippen LogP contribution is -2.52. The van der Waals surface area contributed by atoms with Crippen LogP contribution in [0.2, 0.25) is 0 Å². The summed E-state index contributed by atoms with van der Waals surface area (Å²) in [4.78, 5) is 24.3. The van der Waals surface area contributed by atoms with E-state index in [1.165, 1.54) is 0 Å². The average molecular weight is 169 g/mol. The van der Waals surface area contributed by atoms with E-state index in [2.05, 4.69) is 0 Å². The van der Waals surface area contributed by atoms with Crippen LogP contribution < -0.4 is 0 Å². The summed E-state index contributed by atoms with van der Waals surface area (Å²) in [5.41, 5.74) is 0. The number of fused-ring (bicyclic) bond motifs is 1. The Balaban J connectivity index is 2.23. The average Bonchev–Trinajstić information content (AvgIpc) is 2.48. The van der Waals surface area contributed by atoms with Crippen LogP contribution in [0.5, 0.6) is 0 Å². The van der Waals surface area contributed by atoms with E-state index in [1.807, 2.05) is 0 Å². The normalized spacial score (nSPS) is 34.9. The van der Waals surface area contributed by atoms with Crippen LogP contribution in [0.1, 0.15) is 19.8 Å². The van der Waals surface area contributed by atoms with Gasteiger partial charge in [0.25, 0.3) is 5.91 Å². The molecule has 0 aromatic rings. The third-order valence-corrected chi connectivity index (χ3v) is 2.45. The Morgan fingerprint density at radius 3 is 3.00 bits per heavy atom. The lowest BCUT2D eigenvalue weighted by atomic mass is 10.2. The van der Waals surface area contributed by atoms with E-state index < -0.39 is 6.10 Å². The summed E-state index contributed by atoms with van der Waals surface area (Å²) >= 11 is 0. The summed E-state index contributed by atoms with van der Waals surface area (Å²) < 4.78 is 4.88. The van der Waals surface area contributed by atoms with Crippen LogP contribution in [0.25, 0.3) is 0 Å². The molecule has 2 aliphatic heterocycles. The van der Waals surface area contributed by atoms with Crippen LogP contribution in [0, 0.1) is 0 Å². The summed E-state index contributed by atoms with van der Waals surface area (Å²) in [7, 11) is 0. The molecule has 0 N–H and O–H groups in total. The van der Waals surface area contributed by atoms with Crippen molar-refractivity contribution in [2.45, 2.75) is 31.9 Å². The molecule has 0 aromatic carbocycles. The highest BCUT2D eigenvalue weighted by atomic mass is 16.6. The van der Waals surface area contributed by atoms with Gasteiger partial charge in [-0.1, -0.05) is 0 Å². The van der Waals surface area contributed by atoms with Crippen molar-refractivity contribution in [2.24, 2.45) is 0 Å². The van der Waals surface area contributed by atoms with Crippen LogP contribution >= 0.6 is 0 Å². The number of ether oxygens (including phenoxy) is 1. The van der Waals surface area contributed by atoms with Gasteiger partial charge in [0.15, 0.2) is 6.10 Å². The van der Waals surface area contributed by atoms with E-state index in [-0.39, 0.29) is 17.9 Å². The predicted molar refractivity (Wildman–Crippen MR) is 40.3 cm³/mol. The first-order valence-electron chi connectivity index (χ1n) is 4.21. The molecular weight excluding hydrogens is 158 g/mol. The van der Waals surface area contributed by atoms with Crippen LogP contribution in [0.4, 0.5) is 0 Å². The molecule has 0 saturated carbocycles. The van der Waals surface area contributed by atoms with Gasteiger partial charge in [-0.2, -0.15) is 0 Å². The maximum Gasteiger partial charge on any atom is 0.329 e. The van der Waals surface area contributed by atoms with E-state index in [0.717, 1.165) is 12.8 Å². The maximum absolute atomic E-state index is 11.4. The molecule has 66 valence electrons. The second-order valence-electron chi connectivity index (χ2n) is 3.27. The largest absolute Gasteiger partial charge is 0.451 e. The number of carbonyl (C=O) groups excluding carboxylic acids is 2. The number of hydrogen-bond donors (Lipinski definition) is 0. The molecule has 1 unspecified atom stereocenters. The van der Waals surface area contributed by atoms with Crippen LogP contribution in [0.15, 0.2) is 0 Å². The Labute approximate surface area is 70.5 Å². The molecule has 0 radical (unpaired) electrons. The van der Waals surface area contributed by atoms with Gasteiger partial charge in [0.2, 0.25) is 0 Å². The van der Waals surface area contributed by atoms with Gasteiger partial charge in [-0.25, -0.2) is 4.79 Å². The molecule has 12 heavy (non-hydrogen) atoms. The highest BCUT2D eigenvalue weighted by molar-refractivity contribution is 5.92. The molecule has 0 aromatic heterocycles. The van der Waals surface area contributed by atoms with Crippen LogP contribution in [-0.4, -0.2) is 35.5 Å². The molecule has 4 heteroatoms. The van der Waals surface area contributed by atoms with E-state index in [1.54, 1.807) is 11.8 Å². The van der Waals surface area contributed by atoms with Gasteiger partial charge >= 0.3 is 5.97 Å². The zero-order valence-electron chi connectivity index (χ0n) is 6.95. The molecule has 2 atom stereocenters. The van der Waals surface area contributed by atoms with E-state index >= 15 is 0 Å². The number of cyclic esters (lactones) is 1. The van der Waals surface area contributed by atoms with Gasteiger partial charge in [-0.15, -0.1) is 0 Å². The molecule has 4 nitrogen and oxygen atoms in total. The lowest BCUT2D eigenvalue weighted by molar-refractivity contribution is -0.174. The second-order valence-corrected chi connectivity index (χ2v) is 3.27. The highest BCUT2D eigenvalue weighted by Crippen LogP contribution is 2.24. The van der Waals surface area contributed by atoms with Crippen molar-refractivity contribution in [2.75, 3.05) is 6.54 Å². The van der Waals surface area contributed by atoms with Crippen LogP contribution in [-0.2, 0) is 14.3 Å². The first kappa shape index (κ1) is 7.58. The van der Waals surface area contributed by atoms with E-state index in [9.17, 15) is 9.59 Å². The van der Waals surface area contributed by atoms with Gasteiger partial charge in [0, 0.05) is 6.54 Å². The van der Waals surface area contributed by atoms with Gasteiger partial charge in [0.05, 0.1) is 0 Å². The summed E-state index contributed by atoms with van der Waals surface area (Å²) in [5.74, 6) is -0.281. The van der Waals surface area contributed by atoms with Crippen molar-refractivity contribution in [3.05, 3.63) is 0 Å². The summed E-state index contributed by atoms with van der Waals surface area (Å²) in [6.07, 6.45) is 1.10. The fraction of sp³-hybridized carbons (Fsp3) is 0.750. The Bertz CT molecular complexity index is 238. The fourth-order valence-electron chi connectivity index (χ4n) is 1.81. The van der Waals surface area contributed by atoms with Crippen molar-refractivity contribution >= 4 is 11.9 Å². The fourth-order valence-corrected chi connectivity index (χ4v) is 1.81. The van der Waals surface area contributed by atoms with Crippen molar-refractivity contribution in [1.29, 1.82) is 0 Å². The quantitative estimate of drug-likeness (QED) is 0.476. The van der Waals surface area contributed by atoms with Gasteiger partial charge in [-0.3, -0.25) is 4.79 Å². The zero-order valence-corrected chi connectivity index (χ0v) is 6.95. The molecule has 0 aliphatic carbocycles. The van der Waals surface area contributed by atoms with E-state index in [4.69, 9.17) is 4.74 Å². The molecule has 1 amide bonds. The zero-order chi connectivity index (χ0) is 8.72. The number of amides is 1. The summed E-state index contributed by atoms with van der Waals surface area (Å²) in [6, 6.07) is -0.284. The van der Waals surface area contributed by atoms with Crippen molar-refractivity contribution in [1.82, 2.24) is 4.90 Å². The lowest BCUT2D eigenvalue weighted by Gasteiger charge is -2.31. The van der Waals surface area contributed by atoms with Crippen molar-refractivity contribution in [3.63, 3.8) is 0 Å². The molecule has 2 rings (SSSR count). The predicted octanol–water partition coefficient (Wildman–Crippen LogP) is -0.0773. The van der Waals surface area contributed by atoms with Gasteiger partial charge < -0.3 is 9.64 Å². The molecule has 0 bridgehead atoms. The minimum Gasteiger partial charge on any atom is -0.451 e. The van der Waals surface area contributed by atoms with Gasteiger partial charge in [0.1, 0.15) is 6.04 Å². The minimum atomic E-state index is -0.577. The van der Waals surface area contributed by atoms with E-state index in [0.29, 0.717) is 6.54 Å². The maximum atomic E-state index is 11.4. The second kappa shape index (κ2) is 2.47. The van der Waals surface area contributed by atoms with Crippen LogP contribution in [0.3, 0.4) is 0 Å². The molecule has 2 heterocycles. The van der Waals surface area contributed by atoms with Crippen molar-refractivity contribution < 1.29 is 14.3 Å². The molecule has 2 saturated heterocycles. The molecule has 0 spiro atoms. The SMILES string of the molecule is C[C@@H]1OC(=O)C2CCCN2C1=O. The first-order valence-corrected chi connectivity index (χ1v) is 4.21. The first-order chi connectivity index (χ1) is 5.70. The highest BCUT2D eigenvalue weighted by Gasteiger charge is 2.42. The Morgan fingerprint density at radius 1 is 1.50 bits per heavy atom.